The number of unbranched alkanes of at least 4 members (excludes halogenated alkanes) is 1. The van der Waals surface area contributed by atoms with Gasteiger partial charge in [0.1, 0.15) is 66.2 Å². The number of hydrogen-bond acceptors (Lipinski definition) is 20. The first-order valence-corrected chi connectivity index (χ1v) is 41.3. The van der Waals surface area contributed by atoms with E-state index in [2.05, 4.69) is 57.8 Å². The molecule has 1 aliphatic rings. The van der Waals surface area contributed by atoms with E-state index in [0.717, 1.165) is 26.6 Å². The van der Waals surface area contributed by atoms with Crippen LogP contribution in [-0.4, -0.2) is 228 Å². The lowest BCUT2D eigenvalue weighted by atomic mass is 9.99. The SMILES string of the molecule is CC(=O)N[C@H](Cc1ccc2ccccc2c1)C(=O)N[C@H](Cc1ccc(Cl)cc1)C(=O)N[C@H](Cc1cccnc1)C(=O)N[C@@H](CO)C(=O)N(C)[C@@H](Cc1ccc(O)cc1)C(=O)N[C@H](CC(N)=O)C(=O)N[C@@H](CC(C)C)C(=O)N[C@@H](CCCCNC(C)C)C(=O)N1CCC[C@H]1C(=O)N[C@H](C)C(N)=O.O=P(O)(O)C(O)(Cn1ccnc1)P(=O)(O)O. The first kappa shape index (κ1) is 95.3. The van der Waals surface area contributed by atoms with Crippen LogP contribution in [0.1, 0.15) is 109 Å². The number of likely N-dealkylation sites (N-methyl/N-ethyl adjacent to an activating group) is 1. The van der Waals surface area contributed by atoms with Crippen LogP contribution in [0, 0.1) is 5.92 Å². The molecule has 1 aliphatic heterocycles. The number of primary amides is 2. The first-order valence-electron chi connectivity index (χ1n) is 37.6. The predicted octanol–water partition coefficient (Wildman–Crippen LogP) is 0.0526. The molecule has 7 rings (SSSR count). The minimum absolute atomic E-state index is 0.0240. The summed E-state index contributed by atoms with van der Waals surface area (Å²) in [5.74, 6) is -10.6. The monoisotopic (exact) mass is 1690 g/mol. The van der Waals surface area contributed by atoms with Gasteiger partial charge in [0, 0.05) is 82.1 Å². The fourth-order valence-corrected chi connectivity index (χ4v) is 14.8. The number of aliphatic hydroxyl groups is 2. The molecule has 10 atom stereocenters. The van der Waals surface area contributed by atoms with Crippen LogP contribution in [0.25, 0.3) is 10.8 Å². The lowest BCUT2D eigenvalue weighted by Gasteiger charge is -2.32. The van der Waals surface area contributed by atoms with Crippen molar-refractivity contribution in [2.75, 3.05) is 26.7 Å². The van der Waals surface area contributed by atoms with Crippen LogP contribution in [0.2, 0.25) is 5.02 Å². The molecule has 0 spiro atoms. The lowest BCUT2D eigenvalue weighted by molar-refractivity contribution is -0.144. The summed E-state index contributed by atoms with van der Waals surface area (Å²) in [5, 5.41) is 53.9. The van der Waals surface area contributed by atoms with E-state index >= 15 is 0 Å². The van der Waals surface area contributed by atoms with E-state index in [1.807, 2.05) is 56.3 Å². The molecule has 0 saturated carbocycles. The molecular formula is C77H105ClN16O21P2. The molecule has 37 nitrogen and oxygen atoms in total. The van der Waals surface area contributed by atoms with E-state index in [-0.39, 0.29) is 69.2 Å². The molecule has 117 heavy (non-hydrogen) atoms. The summed E-state index contributed by atoms with van der Waals surface area (Å²) in [6, 6.07) is 14.5. The average molecular weight is 1690 g/mol. The smallest absolute Gasteiger partial charge is 0.371 e. The Hall–Kier alpha value is -10.6. The number of nitrogens with zero attached hydrogens (tertiary/aromatic N) is 5. The fourth-order valence-electron chi connectivity index (χ4n) is 12.7. The number of halogens is 1. The number of imidazole rings is 1. The van der Waals surface area contributed by atoms with Gasteiger partial charge in [-0.05, 0) is 121 Å². The maximum atomic E-state index is 14.9. The molecule has 1 saturated heterocycles. The maximum Gasteiger partial charge on any atom is 0.371 e. The van der Waals surface area contributed by atoms with Gasteiger partial charge in [0.2, 0.25) is 70.9 Å². The van der Waals surface area contributed by atoms with E-state index in [1.54, 1.807) is 50.2 Å². The van der Waals surface area contributed by atoms with Crippen molar-refractivity contribution in [3.63, 3.8) is 0 Å². The molecule has 0 aliphatic carbocycles. The second kappa shape index (κ2) is 44.7. The summed E-state index contributed by atoms with van der Waals surface area (Å²) >= 11 is 6.23. The van der Waals surface area contributed by atoms with Crippen LogP contribution in [0.3, 0.4) is 0 Å². The third kappa shape index (κ3) is 29.5. The van der Waals surface area contributed by atoms with Crippen molar-refractivity contribution in [3.8, 4) is 5.75 Å². The lowest BCUT2D eigenvalue weighted by Crippen LogP contribution is -2.62. The van der Waals surface area contributed by atoms with Crippen molar-refractivity contribution in [1.82, 2.24) is 72.2 Å². The number of nitrogens with two attached hydrogens (primary N) is 2. The molecule has 1 fully saturated rings. The Morgan fingerprint density at radius 3 is 1.71 bits per heavy atom. The maximum absolute atomic E-state index is 14.9. The van der Waals surface area contributed by atoms with Gasteiger partial charge in [-0.3, -0.25) is 71.6 Å². The highest BCUT2D eigenvalue weighted by molar-refractivity contribution is 7.72. The summed E-state index contributed by atoms with van der Waals surface area (Å²) < 4.78 is 22.8. The van der Waals surface area contributed by atoms with Crippen molar-refractivity contribution in [3.05, 3.63) is 162 Å². The molecular weight excluding hydrogens is 1580 g/mol. The molecule has 0 bridgehead atoms. The topological polar surface area (TPSA) is 578 Å². The third-order valence-electron chi connectivity index (χ3n) is 19.0. The first-order chi connectivity index (χ1) is 55.1. The largest absolute Gasteiger partial charge is 0.508 e. The number of aromatic hydroxyl groups is 1. The van der Waals surface area contributed by atoms with Gasteiger partial charge in [0.25, 0.3) is 5.08 Å². The fraction of sp³-hybridized carbons (Fsp3) is 0.455. The molecule has 4 aromatic carbocycles. The van der Waals surface area contributed by atoms with Crippen molar-refractivity contribution in [1.29, 1.82) is 0 Å². The Morgan fingerprint density at radius 2 is 1.15 bits per heavy atom. The van der Waals surface area contributed by atoms with E-state index in [1.165, 1.54) is 74.8 Å². The quantitative estimate of drug-likeness (QED) is 0.0178. The molecule has 0 radical (unpaired) electrons. The van der Waals surface area contributed by atoms with Crippen molar-refractivity contribution < 1.29 is 102 Å². The second-order valence-electron chi connectivity index (χ2n) is 29.2. The van der Waals surface area contributed by atoms with Gasteiger partial charge in [0.15, 0.2) is 0 Å². The Bertz CT molecular complexity index is 4480. The van der Waals surface area contributed by atoms with Crippen molar-refractivity contribution in [2.45, 2.75) is 190 Å². The Kier molecular flexibility index (Phi) is 36.4. The molecule has 20 N–H and O–H groups in total. The third-order valence-corrected chi connectivity index (χ3v) is 22.9. The second-order valence-corrected chi connectivity index (χ2v) is 33.7. The zero-order valence-corrected chi connectivity index (χ0v) is 68.3. The zero-order valence-electron chi connectivity index (χ0n) is 65.7. The number of aromatic nitrogens is 3. The van der Waals surface area contributed by atoms with E-state index in [4.69, 9.17) is 42.6 Å². The zero-order chi connectivity index (χ0) is 86.6. The number of pyridine rings is 1. The Labute approximate surface area is 680 Å². The van der Waals surface area contributed by atoms with Crippen LogP contribution < -0.4 is 59.3 Å². The summed E-state index contributed by atoms with van der Waals surface area (Å²) in [5.41, 5.74) is 13.1. The van der Waals surface area contributed by atoms with E-state index in [0.29, 0.717) is 53.1 Å². The average Bonchev–Trinajstić information content (AvgIpc) is 1.44. The molecule has 636 valence electrons. The number of nitrogens with one attached hydrogen (secondary N) is 9. The number of aliphatic hydroxyl groups excluding tert-OH is 1. The van der Waals surface area contributed by atoms with E-state index in [9.17, 15) is 82.0 Å². The molecule has 6 aromatic rings. The minimum atomic E-state index is -5.41. The number of phenolic OH excluding ortho intramolecular Hbond substituents is 1. The van der Waals surface area contributed by atoms with E-state index < -0.39 is 171 Å². The van der Waals surface area contributed by atoms with Gasteiger partial charge < -0.3 is 109 Å². The Balaban J connectivity index is 0.00000118. The predicted molar refractivity (Wildman–Crippen MR) is 428 cm³/mol. The van der Waals surface area contributed by atoms with Gasteiger partial charge >= 0.3 is 15.2 Å². The normalized spacial score (nSPS) is 15.2. The number of carbonyl (C=O) groups excluding carboxylic acids is 12. The summed E-state index contributed by atoms with van der Waals surface area (Å²) in [6.07, 6.45) is 6.73. The highest BCUT2D eigenvalue weighted by atomic mass is 35.5. The molecule has 2 aromatic heterocycles. The molecule has 0 unspecified atom stereocenters. The summed E-state index contributed by atoms with van der Waals surface area (Å²) in [4.78, 5) is 213. The number of carbonyl (C=O) groups is 12. The highest BCUT2D eigenvalue weighted by Gasteiger charge is 2.60. The van der Waals surface area contributed by atoms with Crippen LogP contribution in [-0.2, 0) is 98.9 Å². The number of likely N-dealkylation sites (tertiary alicyclic amines) is 1. The minimum Gasteiger partial charge on any atom is -0.508 e. The van der Waals surface area contributed by atoms with Gasteiger partial charge in [0.05, 0.1) is 25.9 Å². The van der Waals surface area contributed by atoms with Crippen LogP contribution >= 0.6 is 26.8 Å². The number of rotatable bonds is 42. The van der Waals surface area contributed by atoms with Gasteiger partial charge in [-0.1, -0.05) is 112 Å². The van der Waals surface area contributed by atoms with Crippen LogP contribution in [0.5, 0.6) is 5.75 Å². The van der Waals surface area contributed by atoms with Gasteiger partial charge in [-0.15, -0.1) is 0 Å². The van der Waals surface area contributed by atoms with Crippen molar-refractivity contribution >= 4 is 108 Å². The van der Waals surface area contributed by atoms with Crippen molar-refractivity contribution in [2.24, 2.45) is 17.4 Å². The molecule has 40 heteroatoms. The van der Waals surface area contributed by atoms with Gasteiger partial charge in [-0.25, -0.2) is 4.98 Å². The molecule has 12 amide bonds. The molecule has 3 heterocycles. The number of fused-ring (bicyclic) bond motifs is 1. The highest BCUT2D eigenvalue weighted by Crippen LogP contribution is 2.68. The van der Waals surface area contributed by atoms with Crippen LogP contribution in [0.4, 0.5) is 0 Å². The number of phenols is 1. The number of amides is 12. The summed E-state index contributed by atoms with van der Waals surface area (Å²) in [7, 11) is -9.63. The standard InChI is InChI=1S/C72H95ClN14O14.C5H10N2O7P2/c1-41(2)32-54(64(93)80-53(17-10-11-30-77-42(3)4)72(101)87-31-13-18-60(87)69(98)78-43(5)63(75)92)81-68(97)58(38-62(74)91)84-70(99)61(37-46-22-27-52(90)28-23-46)86(7)71(100)59(40-88)85-67(96)57(36-48-14-12-29-76-39-48)83-66(95)56(34-45-20-25-51(73)26-21-45)82-65(94)55(79-44(6)89)35-47-19-24-49-15-8-9-16-50(49)33-47;8-5(15(9,10)11,16(12,13)14)3-7-2-1-6-4-7/h8-9,12,14-16,19-29,33,39,41-43,53-61,77,88,90H,10-11,13,17-18,30-32,34-38,40H2,1-7H3,(H2,74,91)(H2,75,92)(H,78,98)(H,79,89)(H,80,93)(H,81,97)(H,82,94)(H,83,95)(H,84,99)(H,85,96);1-2,4,8H,3H2,(H2,9,10,11)(H2,12,13,14)/t43-,53+,54+,55-,56-,57-,58-,59+,60+,61+;/m1./s1. The van der Waals surface area contributed by atoms with Gasteiger partial charge in [-0.2, -0.15) is 0 Å². The number of benzene rings is 4. The summed E-state index contributed by atoms with van der Waals surface area (Å²) in [6.45, 7) is 8.87. The van der Waals surface area contributed by atoms with Crippen LogP contribution in [0.15, 0.2) is 134 Å². The number of hydrogen-bond donors (Lipinski definition) is 18. The Morgan fingerprint density at radius 1 is 0.615 bits per heavy atom.